The second-order valence-corrected chi connectivity index (χ2v) is 10.8. The Morgan fingerprint density at radius 2 is 1.97 bits per heavy atom. The standard InChI is InChI=1S/C29H43N5O4/c1-21-15-26(32-38-21)29(36)34-12-11-25(33(13-14-37-2)20-22-7-4-3-5-8-22)17-27(34)28(35)31-19-24-10-6-9-23(16-24)18-30/h3-5,7-8,15,23-25,27H,6,9-14,16-20,30H2,1-2H3,(H,31,35)/t23?,24?,25?,27-/m1/s1. The molecule has 2 aromatic rings. The maximum Gasteiger partial charge on any atom is 0.276 e. The van der Waals surface area contributed by atoms with E-state index in [-0.39, 0.29) is 23.6 Å². The first-order chi connectivity index (χ1) is 18.5. The van der Waals surface area contributed by atoms with Crippen LogP contribution in [-0.2, 0) is 16.1 Å². The summed E-state index contributed by atoms with van der Waals surface area (Å²) in [5.41, 5.74) is 7.38. The Morgan fingerprint density at radius 3 is 2.68 bits per heavy atom. The predicted octanol–water partition coefficient (Wildman–Crippen LogP) is 2.99. The number of nitrogens with one attached hydrogen (secondary N) is 1. The average molecular weight is 526 g/mol. The third-order valence-electron chi connectivity index (χ3n) is 8.10. The van der Waals surface area contributed by atoms with E-state index in [4.69, 9.17) is 15.0 Å². The number of rotatable bonds is 11. The molecule has 2 amide bonds. The van der Waals surface area contributed by atoms with Gasteiger partial charge in [0.2, 0.25) is 5.91 Å². The zero-order valence-corrected chi connectivity index (χ0v) is 22.8. The van der Waals surface area contributed by atoms with E-state index >= 15 is 0 Å². The number of aromatic nitrogens is 1. The first-order valence-electron chi connectivity index (χ1n) is 14.0. The molecule has 4 atom stereocenters. The SMILES string of the molecule is COCCN(Cc1ccccc1)C1CCN(C(=O)c2cc(C)on2)[C@@H](C(=O)NCC2CCCC(CN)C2)C1. The van der Waals surface area contributed by atoms with Crippen LogP contribution in [0.5, 0.6) is 0 Å². The Bertz CT molecular complexity index is 1030. The molecule has 1 aromatic heterocycles. The lowest BCUT2D eigenvalue weighted by atomic mass is 9.81. The summed E-state index contributed by atoms with van der Waals surface area (Å²) in [7, 11) is 1.71. The fraction of sp³-hybridized carbons (Fsp3) is 0.621. The molecule has 3 N–H and O–H groups in total. The largest absolute Gasteiger partial charge is 0.383 e. The van der Waals surface area contributed by atoms with Gasteiger partial charge < -0.3 is 25.2 Å². The Kier molecular flexibility index (Phi) is 10.3. The molecule has 2 heterocycles. The molecule has 208 valence electrons. The van der Waals surface area contributed by atoms with E-state index in [1.165, 1.54) is 12.0 Å². The minimum atomic E-state index is -0.576. The Labute approximate surface area is 226 Å². The number of carbonyl (C=O) groups excluding carboxylic acids is 2. The van der Waals surface area contributed by atoms with Gasteiger partial charge in [0.25, 0.3) is 5.91 Å². The molecule has 38 heavy (non-hydrogen) atoms. The van der Waals surface area contributed by atoms with Gasteiger partial charge in [-0.1, -0.05) is 41.9 Å². The molecule has 1 saturated carbocycles. The summed E-state index contributed by atoms with van der Waals surface area (Å²) < 4.78 is 10.6. The summed E-state index contributed by atoms with van der Waals surface area (Å²) in [4.78, 5) is 31.2. The molecule has 3 unspecified atom stereocenters. The molecule has 4 rings (SSSR count). The summed E-state index contributed by atoms with van der Waals surface area (Å²) in [5, 5.41) is 7.14. The van der Waals surface area contributed by atoms with Crippen molar-refractivity contribution in [2.45, 2.75) is 64.1 Å². The van der Waals surface area contributed by atoms with Crippen LogP contribution in [0.15, 0.2) is 40.9 Å². The fourth-order valence-corrected chi connectivity index (χ4v) is 5.97. The van der Waals surface area contributed by atoms with Crippen LogP contribution < -0.4 is 11.1 Å². The molecule has 0 bridgehead atoms. The highest BCUT2D eigenvalue weighted by Gasteiger charge is 2.39. The second-order valence-electron chi connectivity index (χ2n) is 10.8. The van der Waals surface area contributed by atoms with Gasteiger partial charge in [0, 0.05) is 45.4 Å². The summed E-state index contributed by atoms with van der Waals surface area (Å²) in [5.74, 6) is 1.19. The molecule has 1 aliphatic carbocycles. The van der Waals surface area contributed by atoms with Crippen LogP contribution in [0, 0.1) is 18.8 Å². The molecule has 1 saturated heterocycles. The van der Waals surface area contributed by atoms with Gasteiger partial charge in [0.1, 0.15) is 11.8 Å². The number of benzene rings is 1. The number of nitrogens with zero attached hydrogens (tertiary/aromatic N) is 3. The lowest BCUT2D eigenvalue weighted by molar-refractivity contribution is -0.128. The fourth-order valence-electron chi connectivity index (χ4n) is 5.97. The highest BCUT2D eigenvalue weighted by molar-refractivity contribution is 5.96. The van der Waals surface area contributed by atoms with Crippen molar-refractivity contribution in [2.24, 2.45) is 17.6 Å². The van der Waals surface area contributed by atoms with Gasteiger partial charge in [0.05, 0.1) is 6.61 Å². The summed E-state index contributed by atoms with van der Waals surface area (Å²) in [6, 6.07) is 11.5. The van der Waals surface area contributed by atoms with Crippen molar-refractivity contribution in [1.29, 1.82) is 0 Å². The summed E-state index contributed by atoms with van der Waals surface area (Å²) in [6.07, 6.45) is 5.80. The molecule has 9 nitrogen and oxygen atoms in total. The molecule has 1 aliphatic heterocycles. The van der Waals surface area contributed by atoms with E-state index in [0.29, 0.717) is 50.3 Å². The van der Waals surface area contributed by atoms with Crippen LogP contribution in [0.25, 0.3) is 0 Å². The highest BCUT2D eigenvalue weighted by Crippen LogP contribution is 2.29. The van der Waals surface area contributed by atoms with E-state index in [2.05, 4.69) is 27.5 Å². The van der Waals surface area contributed by atoms with Crippen molar-refractivity contribution in [3.63, 3.8) is 0 Å². The number of nitrogens with two attached hydrogens (primary N) is 1. The molecular weight excluding hydrogens is 482 g/mol. The Hall–Kier alpha value is -2.75. The maximum atomic E-state index is 13.7. The van der Waals surface area contributed by atoms with Crippen LogP contribution in [0.3, 0.4) is 0 Å². The topological polar surface area (TPSA) is 114 Å². The van der Waals surface area contributed by atoms with Gasteiger partial charge in [-0.05, 0) is 63.0 Å². The minimum Gasteiger partial charge on any atom is -0.383 e. The van der Waals surface area contributed by atoms with Gasteiger partial charge in [-0.3, -0.25) is 14.5 Å². The number of carbonyl (C=O) groups is 2. The van der Waals surface area contributed by atoms with Crippen molar-refractivity contribution >= 4 is 11.8 Å². The zero-order chi connectivity index (χ0) is 26.9. The Balaban J connectivity index is 1.49. The van der Waals surface area contributed by atoms with E-state index in [1.54, 1.807) is 25.0 Å². The number of hydrogen-bond acceptors (Lipinski definition) is 7. The van der Waals surface area contributed by atoms with Crippen LogP contribution >= 0.6 is 0 Å². The minimum absolute atomic E-state index is 0.0930. The number of aryl methyl sites for hydroxylation is 1. The molecule has 9 heteroatoms. The lowest BCUT2D eigenvalue weighted by Crippen LogP contribution is -2.58. The number of likely N-dealkylation sites (tertiary alicyclic amines) is 1. The van der Waals surface area contributed by atoms with Crippen LogP contribution in [0.1, 0.15) is 60.3 Å². The molecular formula is C29H43N5O4. The molecule has 0 radical (unpaired) electrons. The zero-order valence-electron chi connectivity index (χ0n) is 22.8. The van der Waals surface area contributed by atoms with Gasteiger partial charge in [-0.2, -0.15) is 0 Å². The van der Waals surface area contributed by atoms with E-state index in [9.17, 15) is 9.59 Å². The van der Waals surface area contributed by atoms with Gasteiger partial charge in [0.15, 0.2) is 5.69 Å². The quantitative estimate of drug-likeness (QED) is 0.464. The molecule has 1 aromatic carbocycles. The normalized spacial score (nSPS) is 23.9. The van der Waals surface area contributed by atoms with E-state index in [0.717, 1.165) is 38.8 Å². The lowest BCUT2D eigenvalue weighted by Gasteiger charge is -2.42. The first-order valence-corrected chi connectivity index (χ1v) is 14.0. The van der Waals surface area contributed by atoms with Gasteiger partial charge in [-0.15, -0.1) is 0 Å². The highest BCUT2D eigenvalue weighted by atomic mass is 16.5. The number of hydrogen-bond donors (Lipinski definition) is 2. The number of ether oxygens (including phenoxy) is 1. The van der Waals surface area contributed by atoms with Gasteiger partial charge >= 0.3 is 0 Å². The number of methoxy groups -OCH3 is 1. The third-order valence-corrected chi connectivity index (χ3v) is 8.10. The van der Waals surface area contributed by atoms with Crippen molar-refractivity contribution in [2.75, 3.05) is 39.9 Å². The van der Waals surface area contributed by atoms with E-state index in [1.807, 2.05) is 18.2 Å². The average Bonchev–Trinajstić information content (AvgIpc) is 3.40. The summed E-state index contributed by atoms with van der Waals surface area (Å²) in [6.45, 7) is 5.68. The first kappa shape index (κ1) is 28.3. The number of amides is 2. The van der Waals surface area contributed by atoms with Gasteiger partial charge in [-0.25, -0.2) is 0 Å². The molecule has 2 aliphatic rings. The van der Waals surface area contributed by atoms with Crippen LogP contribution in [0.4, 0.5) is 0 Å². The van der Waals surface area contributed by atoms with Crippen molar-refractivity contribution in [3.8, 4) is 0 Å². The molecule has 2 fully saturated rings. The third kappa shape index (κ3) is 7.42. The monoisotopic (exact) mass is 525 g/mol. The molecule has 0 spiro atoms. The Morgan fingerprint density at radius 1 is 1.18 bits per heavy atom. The van der Waals surface area contributed by atoms with Crippen LogP contribution in [0.2, 0.25) is 0 Å². The van der Waals surface area contributed by atoms with Crippen LogP contribution in [-0.4, -0.2) is 78.8 Å². The number of piperidine rings is 1. The smallest absolute Gasteiger partial charge is 0.276 e. The van der Waals surface area contributed by atoms with Crippen molar-refractivity contribution in [3.05, 3.63) is 53.4 Å². The predicted molar refractivity (Wildman–Crippen MR) is 145 cm³/mol. The maximum absolute atomic E-state index is 13.7. The van der Waals surface area contributed by atoms with Crippen molar-refractivity contribution < 1.29 is 18.8 Å². The van der Waals surface area contributed by atoms with Crippen molar-refractivity contribution in [1.82, 2.24) is 20.3 Å². The van der Waals surface area contributed by atoms with E-state index < -0.39 is 6.04 Å². The summed E-state index contributed by atoms with van der Waals surface area (Å²) >= 11 is 0. The second kappa shape index (κ2) is 13.9.